The number of amides is 1. The Balaban J connectivity index is 1.48. The standard InChI is InChI=1S/C32H26F8N4O5/c1-15-10-20(31(35,36)37)25(29(46)43(15)2)18-6-5-16(27-19(18)4-3-7-41-27)11-23(30(47)48)42-28(45)26-21(33)12-17(13-22(26)34)44-8-9-49-14-24(44)32(38,39)40/h3-7,10,12-13,23-24H,8-9,11,14H2,1-2H3,(H,42,45)(H,47,48)/t23-,24+/m0/s1. The highest BCUT2D eigenvalue weighted by atomic mass is 19.4. The smallest absolute Gasteiger partial charge is 0.417 e. The lowest BCUT2D eigenvalue weighted by atomic mass is 9.93. The number of nitrogens with one attached hydrogen (secondary N) is 1. The molecule has 5 rings (SSSR count). The van der Waals surface area contributed by atoms with Crippen LogP contribution >= 0.6 is 0 Å². The van der Waals surface area contributed by atoms with E-state index < -0.39 is 88.9 Å². The number of carbonyl (C=O) groups is 2. The highest BCUT2D eigenvalue weighted by Crippen LogP contribution is 2.39. The maximum atomic E-state index is 15.1. The van der Waals surface area contributed by atoms with Crippen molar-refractivity contribution in [3.8, 4) is 11.1 Å². The first kappa shape index (κ1) is 35.3. The molecule has 1 aliphatic rings. The van der Waals surface area contributed by atoms with Crippen LogP contribution < -0.4 is 15.8 Å². The van der Waals surface area contributed by atoms with E-state index >= 15 is 8.78 Å². The second-order valence-electron chi connectivity index (χ2n) is 11.3. The third-order valence-corrected chi connectivity index (χ3v) is 8.22. The first-order valence-electron chi connectivity index (χ1n) is 14.5. The molecule has 0 radical (unpaired) electrons. The van der Waals surface area contributed by atoms with Crippen LogP contribution in [-0.4, -0.2) is 64.6 Å². The average Bonchev–Trinajstić information content (AvgIpc) is 3.02. The molecule has 260 valence electrons. The number of benzene rings is 2. The third kappa shape index (κ3) is 6.93. The number of aromatic nitrogens is 2. The Kier molecular flexibility index (Phi) is 9.42. The summed E-state index contributed by atoms with van der Waals surface area (Å²) >= 11 is 0. The van der Waals surface area contributed by atoms with Gasteiger partial charge in [0, 0.05) is 43.0 Å². The predicted octanol–water partition coefficient (Wildman–Crippen LogP) is 5.40. The Hall–Kier alpha value is -5.06. The number of fused-ring (bicyclic) bond motifs is 1. The molecule has 3 heterocycles. The quantitative estimate of drug-likeness (QED) is 0.249. The van der Waals surface area contributed by atoms with Gasteiger partial charge in [-0.05, 0) is 42.3 Å². The Bertz CT molecular complexity index is 1990. The summed E-state index contributed by atoms with van der Waals surface area (Å²) in [5.41, 5.74) is -4.59. The number of morpholine rings is 1. The van der Waals surface area contributed by atoms with Gasteiger partial charge in [-0.25, -0.2) is 13.6 Å². The topological polar surface area (TPSA) is 114 Å². The molecule has 2 aromatic heterocycles. The largest absolute Gasteiger partial charge is 0.480 e. The SMILES string of the molecule is Cc1cc(C(F)(F)F)c(-c2ccc(C[C@H](NC(=O)c3c(F)cc(N4CCOC[C@@H]4C(F)(F)F)cc3F)C(=O)O)c3ncccc23)c(=O)n1C. The lowest BCUT2D eigenvalue weighted by Gasteiger charge is -2.38. The number of aliphatic carboxylic acids is 1. The molecule has 0 spiro atoms. The summed E-state index contributed by atoms with van der Waals surface area (Å²) in [6, 6.07) is 2.97. The first-order valence-corrected chi connectivity index (χ1v) is 14.5. The molecule has 49 heavy (non-hydrogen) atoms. The number of hydrogen-bond donors (Lipinski definition) is 2. The van der Waals surface area contributed by atoms with Crippen molar-refractivity contribution in [3.63, 3.8) is 0 Å². The van der Waals surface area contributed by atoms with Crippen LogP contribution in [0.2, 0.25) is 0 Å². The highest BCUT2D eigenvalue weighted by Gasteiger charge is 2.46. The molecule has 2 N–H and O–H groups in total. The minimum atomic E-state index is -4.91. The zero-order valence-corrected chi connectivity index (χ0v) is 25.5. The van der Waals surface area contributed by atoms with Gasteiger partial charge < -0.3 is 24.6 Å². The monoisotopic (exact) mass is 698 g/mol. The molecule has 2 aromatic carbocycles. The number of nitrogens with zero attached hydrogens (tertiary/aromatic N) is 3. The summed E-state index contributed by atoms with van der Waals surface area (Å²) in [5, 5.41) is 11.9. The summed E-state index contributed by atoms with van der Waals surface area (Å²) in [7, 11) is 1.30. The Morgan fingerprint density at radius 2 is 1.76 bits per heavy atom. The van der Waals surface area contributed by atoms with Gasteiger partial charge in [-0.2, -0.15) is 26.3 Å². The lowest BCUT2D eigenvalue weighted by Crippen LogP contribution is -2.53. The molecule has 0 saturated carbocycles. The lowest BCUT2D eigenvalue weighted by molar-refractivity contribution is -0.167. The second-order valence-corrected chi connectivity index (χ2v) is 11.3. The van der Waals surface area contributed by atoms with Crippen LogP contribution in [0, 0.1) is 18.6 Å². The van der Waals surface area contributed by atoms with Gasteiger partial charge in [0.15, 0.2) is 0 Å². The summed E-state index contributed by atoms with van der Waals surface area (Å²) < 4.78 is 119. The number of aryl methyl sites for hydroxylation is 1. The Labute approximate surface area is 271 Å². The second kappa shape index (κ2) is 13.1. The van der Waals surface area contributed by atoms with Gasteiger partial charge in [-0.15, -0.1) is 0 Å². The number of carbonyl (C=O) groups excluding carboxylic acids is 1. The van der Waals surface area contributed by atoms with E-state index in [0.29, 0.717) is 17.0 Å². The van der Waals surface area contributed by atoms with Crippen LogP contribution in [0.5, 0.6) is 0 Å². The molecule has 1 saturated heterocycles. The molecule has 17 heteroatoms. The van der Waals surface area contributed by atoms with Crippen LogP contribution in [0.3, 0.4) is 0 Å². The minimum absolute atomic E-state index is 0.0114. The van der Waals surface area contributed by atoms with Crippen LogP contribution in [-0.2, 0) is 29.2 Å². The molecule has 4 aromatic rings. The van der Waals surface area contributed by atoms with Gasteiger partial charge in [0.2, 0.25) is 0 Å². The number of rotatable bonds is 7. The van der Waals surface area contributed by atoms with E-state index in [1.54, 1.807) is 0 Å². The predicted molar refractivity (Wildman–Crippen MR) is 159 cm³/mol. The molecule has 1 amide bonds. The van der Waals surface area contributed by atoms with Crippen molar-refractivity contribution in [3.05, 3.63) is 93.0 Å². The maximum Gasteiger partial charge on any atom is 0.417 e. The van der Waals surface area contributed by atoms with Crippen molar-refractivity contribution < 1.29 is 54.6 Å². The number of alkyl halides is 6. The van der Waals surface area contributed by atoms with Crippen molar-refractivity contribution in [1.29, 1.82) is 0 Å². The molecule has 1 aliphatic heterocycles. The van der Waals surface area contributed by atoms with Crippen molar-refractivity contribution in [1.82, 2.24) is 14.9 Å². The maximum absolute atomic E-state index is 15.1. The van der Waals surface area contributed by atoms with Gasteiger partial charge in [-0.3, -0.25) is 14.6 Å². The molecule has 0 bridgehead atoms. The number of ether oxygens (including phenoxy) is 1. The fourth-order valence-electron chi connectivity index (χ4n) is 5.70. The van der Waals surface area contributed by atoms with Crippen molar-refractivity contribution >= 4 is 28.5 Å². The number of pyridine rings is 2. The molecule has 9 nitrogen and oxygen atoms in total. The minimum Gasteiger partial charge on any atom is -0.480 e. The average molecular weight is 699 g/mol. The molecule has 0 aliphatic carbocycles. The Morgan fingerprint density at radius 1 is 1.08 bits per heavy atom. The van der Waals surface area contributed by atoms with Gasteiger partial charge in [0.25, 0.3) is 11.5 Å². The molecular formula is C32H26F8N4O5. The fourth-order valence-corrected chi connectivity index (χ4v) is 5.70. The summed E-state index contributed by atoms with van der Waals surface area (Å²) in [6.07, 6.45) is -9.02. The fraction of sp³-hybridized carbons (Fsp3) is 0.312. The van der Waals surface area contributed by atoms with E-state index in [0.717, 1.165) is 10.6 Å². The number of halogens is 8. The number of anilines is 1. The van der Waals surface area contributed by atoms with Crippen LogP contribution in [0.1, 0.15) is 27.2 Å². The van der Waals surface area contributed by atoms with Crippen molar-refractivity contribution in [2.24, 2.45) is 7.05 Å². The number of carboxylic acid groups (broad SMARTS) is 1. The zero-order chi connectivity index (χ0) is 36.0. The normalized spacial score (nSPS) is 16.1. The molecule has 2 atom stereocenters. The number of hydrogen-bond acceptors (Lipinski definition) is 6. The highest BCUT2D eigenvalue weighted by molar-refractivity contribution is 5.99. The van der Waals surface area contributed by atoms with Crippen molar-refractivity contribution in [2.75, 3.05) is 24.7 Å². The van der Waals surface area contributed by atoms with Crippen molar-refractivity contribution in [2.45, 2.75) is 37.8 Å². The molecule has 1 fully saturated rings. The zero-order valence-electron chi connectivity index (χ0n) is 25.5. The third-order valence-electron chi connectivity index (χ3n) is 8.22. The first-order chi connectivity index (χ1) is 22.9. The van der Waals surface area contributed by atoms with E-state index in [9.17, 15) is 45.8 Å². The molecule has 0 unspecified atom stereocenters. The van der Waals surface area contributed by atoms with Crippen LogP contribution in [0.4, 0.5) is 40.8 Å². The summed E-state index contributed by atoms with van der Waals surface area (Å²) in [4.78, 5) is 43.2. The summed E-state index contributed by atoms with van der Waals surface area (Å²) in [6.45, 7) is 0.0361. The van der Waals surface area contributed by atoms with Crippen LogP contribution in [0.25, 0.3) is 22.0 Å². The number of carboxylic acids is 1. The molecular weight excluding hydrogens is 672 g/mol. The van der Waals surface area contributed by atoms with E-state index in [1.807, 2.05) is 5.32 Å². The van der Waals surface area contributed by atoms with E-state index in [4.69, 9.17) is 4.74 Å². The van der Waals surface area contributed by atoms with E-state index in [-0.39, 0.29) is 40.9 Å². The summed E-state index contributed by atoms with van der Waals surface area (Å²) in [5.74, 6) is -6.30. The Morgan fingerprint density at radius 3 is 2.37 bits per heavy atom. The van der Waals surface area contributed by atoms with Gasteiger partial charge in [0.1, 0.15) is 29.3 Å². The van der Waals surface area contributed by atoms with E-state index in [1.165, 1.54) is 44.4 Å². The van der Waals surface area contributed by atoms with Gasteiger partial charge in [0.05, 0.1) is 29.9 Å². The van der Waals surface area contributed by atoms with Gasteiger partial charge >= 0.3 is 18.3 Å². The van der Waals surface area contributed by atoms with Gasteiger partial charge in [-0.1, -0.05) is 18.2 Å². The van der Waals surface area contributed by atoms with Crippen LogP contribution in [0.15, 0.2) is 53.5 Å². The van der Waals surface area contributed by atoms with E-state index in [2.05, 4.69) is 4.98 Å².